The summed E-state index contributed by atoms with van der Waals surface area (Å²) in [6.07, 6.45) is 5.41. The molecule has 22 heavy (non-hydrogen) atoms. The molecule has 0 aliphatic carbocycles. The van der Waals surface area contributed by atoms with Crippen LogP contribution in [0.2, 0.25) is 0 Å². The van der Waals surface area contributed by atoms with Gasteiger partial charge in [0.05, 0.1) is 17.9 Å². The summed E-state index contributed by atoms with van der Waals surface area (Å²) in [5.74, 6) is 0. The summed E-state index contributed by atoms with van der Waals surface area (Å²) in [6, 6.07) is 12.5. The van der Waals surface area contributed by atoms with Crippen molar-refractivity contribution in [2.45, 2.75) is 13.0 Å². The van der Waals surface area contributed by atoms with Crippen molar-refractivity contribution in [1.29, 1.82) is 0 Å². The number of pyridine rings is 1. The summed E-state index contributed by atoms with van der Waals surface area (Å²) in [4.78, 5) is 8.73. The molecule has 3 rings (SSSR count). The van der Waals surface area contributed by atoms with Gasteiger partial charge in [-0.15, -0.1) is 0 Å². The molecule has 1 N–H and O–H groups in total. The van der Waals surface area contributed by atoms with Gasteiger partial charge in [-0.25, -0.2) is 0 Å². The zero-order valence-electron chi connectivity index (χ0n) is 12.8. The van der Waals surface area contributed by atoms with Crippen LogP contribution in [0.4, 0.5) is 0 Å². The molecule has 1 atom stereocenters. The quantitative estimate of drug-likeness (QED) is 0.736. The summed E-state index contributed by atoms with van der Waals surface area (Å²) in [6.45, 7) is 2.70. The molecule has 5 heteroatoms. The van der Waals surface area contributed by atoms with Crippen molar-refractivity contribution in [3.8, 4) is 0 Å². The normalized spacial score (nSPS) is 13.0. The molecule has 0 amide bonds. The number of nitrogens with one attached hydrogen (secondary N) is 1. The van der Waals surface area contributed by atoms with E-state index in [-0.39, 0.29) is 6.04 Å². The minimum Gasteiger partial charge on any atom is -0.292 e. The summed E-state index contributed by atoms with van der Waals surface area (Å²) >= 11 is 0. The first-order valence-corrected chi connectivity index (χ1v) is 7.30. The van der Waals surface area contributed by atoms with Crippen molar-refractivity contribution < 1.29 is 0 Å². The number of hydrogen-bond donors (Lipinski definition) is 1. The lowest BCUT2D eigenvalue weighted by Gasteiger charge is -2.13. The van der Waals surface area contributed by atoms with Gasteiger partial charge in [0.15, 0.2) is 0 Å². The molecule has 0 saturated heterocycles. The number of benzene rings is 1. The average Bonchev–Trinajstić information content (AvgIpc) is 2.96. The Hall–Kier alpha value is -2.53. The van der Waals surface area contributed by atoms with Gasteiger partial charge in [0.2, 0.25) is 0 Å². The topological polar surface area (TPSA) is 55.1 Å². The van der Waals surface area contributed by atoms with Gasteiger partial charge in [0.25, 0.3) is 0 Å². The van der Waals surface area contributed by atoms with Crippen molar-refractivity contribution in [1.82, 2.24) is 20.1 Å². The molecule has 0 radical (unpaired) electrons. The molecule has 0 bridgehead atoms. The first-order valence-electron chi connectivity index (χ1n) is 7.30. The lowest BCUT2D eigenvalue weighted by atomic mass is 10.1. The Morgan fingerprint density at radius 3 is 3.00 bits per heavy atom. The minimum atomic E-state index is 0.230. The highest BCUT2D eigenvalue weighted by atomic mass is 15.3. The second kappa shape index (κ2) is 6.49. The number of aliphatic imine (C=N–C) groups is 1. The number of hydrogen-bond acceptors (Lipinski definition) is 4. The van der Waals surface area contributed by atoms with Crippen LogP contribution < -0.4 is 5.32 Å². The third-order valence-electron chi connectivity index (χ3n) is 3.70. The maximum Gasteiger partial charge on any atom is 0.0889 e. The molecular formula is C17H19N5. The Morgan fingerprint density at radius 1 is 1.27 bits per heavy atom. The lowest BCUT2D eigenvalue weighted by Crippen LogP contribution is -2.18. The van der Waals surface area contributed by atoms with Gasteiger partial charge < -0.3 is 0 Å². The van der Waals surface area contributed by atoms with Gasteiger partial charge >= 0.3 is 0 Å². The van der Waals surface area contributed by atoms with Gasteiger partial charge in [-0.05, 0) is 36.8 Å². The Bertz CT molecular complexity index is 790. The second-order valence-electron chi connectivity index (χ2n) is 5.23. The molecule has 5 nitrogen and oxygen atoms in total. The fourth-order valence-corrected chi connectivity index (χ4v) is 2.32. The Kier molecular flexibility index (Phi) is 4.25. The molecule has 0 aliphatic rings. The Balaban J connectivity index is 1.62. The lowest BCUT2D eigenvalue weighted by molar-refractivity contribution is 0.590. The Labute approximate surface area is 129 Å². The van der Waals surface area contributed by atoms with E-state index in [0.29, 0.717) is 6.67 Å². The number of aromatic nitrogens is 3. The maximum atomic E-state index is 4.39. The highest BCUT2D eigenvalue weighted by Gasteiger charge is 2.05. The summed E-state index contributed by atoms with van der Waals surface area (Å²) in [7, 11) is 1.90. The smallest absolute Gasteiger partial charge is 0.0889 e. The van der Waals surface area contributed by atoms with Gasteiger partial charge in [-0.1, -0.05) is 12.1 Å². The van der Waals surface area contributed by atoms with E-state index < -0.39 is 0 Å². The van der Waals surface area contributed by atoms with Crippen LogP contribution in [0, 0.1) is 0 Å². The Morgan fingerprint density at radius 2 is 2.18 bits per heavy atom. The molecular weight excluding hydrogens is 274 g/mol. The number of nitrogens with zero attached hydrogens (tertiary/aromatic N) is 4. The van der Waals surface area contributed by atoms with Gasteiger partial charge in [0.1, 0.15) is 0 Å². The van der Waals surface area contributed by atoms with Crippen molar-refractivity contribution in [3.05, 3.63) is 60.0 Å². The second-order valence-corrected chi connectivity index (χ2v) is 5.23. The maximum absolute atomic E-state index is 4.39. The molecule has 0 spiro atoms. The zero-order chi connectivity index (χ0) is 15.4. The van der Waals surface area contributed by atoms with Crippen LogP contribution in [0.25, 0.3) is 10.9 Å². The van der Waals surface area contributed by atoms with E-state index in [1.54, 1.807) is 10.9 Å². The fraction of sp³-hybridized carbons (Fsp3) is 0.235. The van der Waals surface area contributed by atoms with Gasteiger partial charge in [-0.2, -0.15) is 5.10 Å². The minimum absolute atomic E-state index is 0.230. The largest absolute Gasteiger partial charge is 0.292 e. The van der Waals surface area contributed by atoms with Gasteiger partial charge in [-0.3, -0.25) is 20.0 Å². The highest BCUT2D eigenvalue weighted by molar-refractivity contribution is 5.79. The van der Waals surface area contributed by atoms with E-state index in [1.165, 1.54) is 5.56 Å². The third-order valence-corrected chi connectivity index (χ3v) is 3.70. The molecule has 3 aromatic rings. The molecule has 0 fully saturated rings. The van der Waals surface area contributed by atoms with E-state index in [0.717, 1.165) is 16.6 Å². The van der Waals surface area contributed by atoms with Crippen LogP contribution in [0.5, 0.6) is 0 Å². The molecule has 0 aliphatic heterocycles. The molecule has 1 unspecified atom stereocenters. The van der Waals surface area contributed by atoms with Gasteiger partial charge in [0, 0.05) is 37.1 Å². The van der Waals surface area contributed by atoms with E-state index in [4.69, 9.17) is 0 Å². The van der Waals surface area contributed by atoms with E-state index in [1.807, 2.05) is 31.6 Å². The van der Waals surface area contributed by atoms with Crippen LogP contribution in [-0.2, 0) is 7.05 Å². The van der Waals surface area contributed by atoms with Crippen molar-refractivity contribution in [2.75, 3.05) is 6.67 Å². The standard InChI is InChI=1S/C17H19N5/c1-13(20-12-18-11-16-7-9-21-22(16)2)14-5-6-17-15(10-14)4-3-8-19-17/h3-11,13,20H,12H2,1-2H3. The predicted octanol–water partition coefficient (Wildman–Crippen LogP) is 2.70. The highest BCUT2D eigenvalue weighted by Crippen LogP contribution is 2.18. The van der Waals surface area contributed by atoms with E-state index in [9.17, 15) is 0 Å². The van der Waals surface area contributed by atoms with E-state index >= 15 is 0 Å². The molecule has 1 aromatic carbocycles. The third kappa shape index (κ3) is 3.20. The van der Waals surface area contributed by atoms with Crippen molar-refractivity contribution >= 4 is 17.1 Å². The number of fused-ring (bicyclic) bond motifs is 1. The van der Waals surface area contributed by atoms with Crippen molar-refractivity contribution in [3.63, 3.8) is 0 Å². The molecule has 0 saturated carbocycles. The number of rotatable bonds is 5. The first kappa shape index (κ1) is 14.4. The van der Waals surface area contributed by atoms with E-state index in [2.05, 4.69) is 51.6 Å². The summed E-state index contributed by atoms with van der Waals surface area (Å²) in [5, 5.41) is 8.66. The zero-order valence-corrected chi connectivity index (χ0v) is 12.8. The SMILES string of the molecule is CC(NCN=Cc1ccnn1C)c1ccc2ncccc2c1. The molecule has 2 aromatic heterocycles. The van der Waals surface area contributed by atoms with Crippen LogP contribution in [0.3, 0.4) is 0 Å². The monoisotopic (exact) mass is 293 g/mol. The van der Waals surface area contributed by atoms with Crippen molar-refractivity contribution in [2.24, 2.45) is 12.0 Å². The van der Waals surface area contributed by atoms with Crippen LogP contribution in [-0.4, -0.2) is 27.6 Å². The molecule has 2 heterocycles. The average molecular weight is 293 g/mol. The first-order chi connectivity index (χ1) is 10.7. The summed E-state index contributed by atoms with van der Waals surface area (Å²) in [5.41, 5.74) is 3.25. The van der Waals surface area contributed by atoms with Crippen LogP contribution in [0.15, 0.2) is 53.8 Å². The number of aryl methyl sites for hydroxylation is 1. The summed E-state index contributed by atoms with van der Waals surface area (Å²) < 4.78 is 1.79. The predicted molar refractivity (Wildman–Crippen MR) is 89.0 cm³/mol. The molecule has 112 valence electrons. The van der Waals surface area contributed by atoms with Crippen LogP contribution in [0.1, 0.15) is 24.2 Å². The van der Waals surface area contributed by atoms with Crippen LogP contribution >= 0.6 is 0 Å². The fourth-order valence-electron chi connectivity index (χ4n) is 2.32.